The molecular formula is C19H21N5. The fraction of sp³-hybridized carbons (Fsp3) is 0.263. The normalized spacial score (nSPS) is 19.5. The van der Waals surface area contributed by atoms with E-state index in [0.717, 1.165) is 18.8 Å². The van der Waals surface area contributed by atoms with Crippen molar-refractivity contribution in [2.45, 2.75) is 31.8 Å². The number of nitrogen functional groups attached to an aromatic ring is 1. The molecule has 3 N–H and O–H groups in total. The Hall–Kier alpha value is -2.82. The largest absolute Gasteiger partial charge is 0.366 e. The van der Waals surface area contributed by atoms with Crippen molar-refractivity contribution in [2.75, 3.05) is 11.1 Å². The lowest BCUT2D eigenvalue weighted by Gasteiger charge is -2.31. The van der Waals surface area contributed by atoms with Crippen molar-refractivity contribution in [3.63, 3.8) is 0 Å². The van der Waals surface area contributed by atoms with Crippen molar-refractivity contribution in [3.8, 4) is 0 Å². The zero-order chi connectivity index (χ0) is 16.5. The smallest absolute Gasteiger partial charge is 0.241 e. The zero-order valence-corrected chi connectivity index (χ0v) is 13.7. The number of aromatic nitrogens is 3. The minimum Gasteiger partial charge on any atom is -0.366 e. The summed E-state index contributed by atoms with van der Waals surface area (Å²) in [6, 6.07) is 19.5. The summed E-state index contributed by atoms with van der Waals surface area (Å²) >= 11 is 0. The van der Waals surface area contributed by atoms with Gasteiger partial charge in [0.25, 0.3) is 0 Å². The van der Waals surface area contributed by atoms with E-state index < -0.39 is 0 Å². The van der Waals surface area contributed by atoms with Gasteiger partial charge in [0.2, 0.25) is 11.9 Å². The van der Waals surface area contributed by atoms with Gasteiger partial charge in [0.05, 0.1) is 12.1 Å². The van der Waals surface area contributed by atoms with Crippen molar-refractivity contribution < 1.29 is 0 Å². The first-order valence-corrected chi connectivity index (χ1v) is 8.37. The van der Waals surface area contributed by atoms with Crippen molar-refractivity contribution >= 4 is 11.9 Å². The molecule has 0 amide bonds. The first-order valence-electron chi connectivity index (χ1n) is 8.37. The van der Waals surface area contributed by atoms with Gasteiger partial charge in [-0.05, 0) is 29.5 Å². The maximum atomic E-state index is 5.84. The summed E-state index contributed by atoms with van der Waals surface area (Å²) < 4.78 is 1.90. The standard InChI is InChI=1S/C19H21N5/c1-2-13-8-10-14(11-9-13)16-12-17(15-6-4-3-5-7-15)24-19(21-16)22-18(20)23-24/h3-11,16-17H,2,12H2,1H3,(H3,20,21,22,23)/t16-,17-/m1/s1. The zero-order valence-electron chi connectivity index (χ0n) is 13.7. The molecule has 0 saturated carbocycles. The van der Waals surface area contributed by atoms with Crippen molar-refractivity contribution in [1.29, 1.82) is 0 Å². The molecule has 1 aliphatic heterocycles. The highest BCUT2D eigenvalue weighted by molar-refractivity contribution is 5.42. The van der Waals surface area contributed by atoms with Crippen LogP contribution in [0.5, 0.6) is 0 Å². The van der Waals surface area contributed by atoms with Gasteiger partial charge in [-0.3, -0.25) is 0 Å². The van der Waals surface area contributed by atoms with E-state index in [2.05, 4.69) is 70.9 Å². The number of rotatable bonds is 3. The molecule has 5 nitrogen and oxygen atoms in total. The van der Waals surface area contributed by atoms with E-state index >= 15 is 0 Å². The number of benzene rings is 2. The predicted octanol–water partition coefficient (Wildman–Crippen LogP) is 3.57. The molecular weight excluding hydrogens is 298 g/mol. The van der Waals surface area contributed by atoms with Crippen LogP contribution in [0.2, 0.25) is 0 Å². The summed E-state index contributed by atoms with van der Waals surface area (Å²) in [5, 5.41) is 7.87. The van der Waals surface area contributed by atoms with Crippen molar-refractivity contribution in [3.05, 3.63) is 71.3 Å². The van der Waals surface area contributed by atoms with Crippen molar-refractivity contribution in [1.82, 2.24) is 14.8 Å². The SMILES string of the molecule is CCc1ccc([C@H]2C[C@H](c3ccccc3)n3nc(N)nc3N2)cc1. The molecule has 0 aliphatic carbocycles. The Morgan fingerprint density at radius 2 is 1.83 bits per heavy atom. The third-order valence-corrected chi connectivity index (χ3v) is 4.68. The lowest BCUT2D eigenvalue weighted by Crippen LogP contribution is -2.28. The van der Waals surface area contributed by atoms with Gasteiger partial charge in [0.15, 0.2) is 0 Å². The highest BCUT2D eigenvalue weighted by Gasteiger charge is 2.30. The number of nitrogens with two attached hydrogens (primary N) is 1. The quantitative estimate of drug-likeness (QED) is 0.774. The molecule has 24 heavy (non-hydrogen) atoms. The van der Waals surface area contributed by atoms with Crippen molar-refractivity contribution in [2.24, 2.45) is 0 Å². The van der Waals surface area contributed by atoms with Crippen LogP contribution in [0.15, 0.2) is 54.6 Å². The minimum absolute atomic E-state index is 0.128. The van der Waals surface area contributed by atoms with E-state index in [1.54, 1.807) is 0 Å². The molecule has 0 bridgehead atoms. The predicted molar refractivity (Wildman–Crippen MR) is 95.8 cm³/mol. The number of fused-ring (bicyclic) bond motifs is 1. The summed E-state index contributed by atoms with van der Waals surface area (Å²) in [5.41, 5.74) is 9.67. The minimum atomic E-state index is 0.128. The van der Waals surface area contributed by atoms with Gasteiger partial charge in [-0.25, -0.2) is 4.68 Å². The first kappa shape index (κ1) is 14.8. The summed E-state index contributed by atoms with van der Waals surface area (Å²) in [7, 11) is 0. The van der Waals surface area contributed by atoms with E-state index in [4.69, 9.17) is 5.73 Å². The fourth-order valence-corrected chi connectivity index (χ4v) is 3.35. The monoisotopic (exact) mass is 319 g/mol. The molecule has 0 unspecified atom stereocenters. The second-order valence-electron chi connectivity index (χ2n) is 6.19. The lowest BCUT2D eigenvalue weighted by molar-refractivity contribution is 0.431. The number of anilines is 2. The molecule has 1 aromatic heterocycles. The Labute approximate surface area is 141 Å². The summed E-state index contributed by atoms with van der Waals surface area (Å²) in [4.78, 5) is 4.35. The Balaban J connectivity index is 1.71. The maximum Gasteiger partial charge on any atom is 0.241 e. The van der Waals surface area contributed by atoms with Gasteiger partial charge in [-0.1, -0.05) is 61.5 Å². The maximum absolute atomic E-state index is 5.84. The molecule has 5 heteroatoms. The second-order valence-corrected chi connectivity index (χ2v) is 6.19. The highest BCUT2D eigenvalue weighted by atomic mass is 15.4. The number of aryl methyl sites for hydroxylation is 1. The second kappa shape index (κ2) is 6.00. The van der Waals surface area contributed by atoms with Crippen LogP contribution in [0, 0.1) is 0 Å². The number of nitrogens with one attached hydrogen (secondary N) is 1. The van der Waals surface area contributed by atoms with Crippen LogP contribution in [0.3, 0.4) is 0 Å². The highest BCUT2D eigenvalue weighted by Crippen LogP contribution is 2.37. The average molecular weight is 319 g/mol. The molecule has 4 rings (SSSR count). The van der Waals surface area contributed by atoms with E-state index in [1.165, 1.54) is 16.7 Å². The Morgan fingerprint density at radius 3 is 2.54 bits per heavy atom. The molecule has 0 radical (unpaired) electrons. The topological polar surface area (TPSA) is 68.8 Å². The van der Waals surface area contributed by atoms with Crippen LogP contribution < -0.4 is 11.1 Å². The van der Waals surface area contributed by atoms with E-state index in [0.29, 0.717) is 5.95 Å². The Kier molecular flexibility index (Phi) is 3.69. The third-order valence-electron chi connectivity index (χ3n) is 4.68. The van der Waals surface area contributed by atoms with E-state index in [9.17, 15) is 0 Å². The summed E-state index contributed by atoms with van der Waals surface area (Å²) in [6.07, 6.45) is 1.96. The number of hydrogen-bond acceptors (Lipinski definition) is 4. The van der Waals surface area contributed by atoms with Crippen LogP contribution in [-0.2, 0) is 6.42 Å². The van der Waals surface area contributed by atoms with Gasteiger partial charge < -0.3 is 11.1 Å². The van der Waals surface area contributed by atoms with Crippen LogP contribution in [0.25, 0.3) is 0 Å². The Morgan fingerprint density at radius 1 is 1.08 bits per heavy atom. The number of hydrogen-bond donors (Lipinski definition) is 2. The lowest BCUT2D eigenvalue weighted by atomic mass is 9.93. The third kappa shape index (κ3) is 2.62. The number of nitrogens with zero attached hydrogens (tertiary/aromatic N) is 3. The molecule has 1 aliphatic rings. The first-order chi connectivity index (χ1) is 11.7. The van der Waals surface area contributed by atoms with Crippen LogP contribution in [0.1, 0.15) is 42.1 Å². The molecule has 0 spiro atoms. The molecule has 2 atom stereocenters. The van der Waals surface area contributed by atoms with Crippen LogP contribution in [0.4, 0.5) is 11.9 Å². The molecule has 2 aromatic carbocycles. The molecule has 2 heterocycles. The summed E-state index contributed by atoms with van der Waals surface area (Å²) in [6.45, 7) is 2.17. The van der Waals surface area contributed by atoms with E-state index in [1.807, 2.05) is 10.7 Å². The van der Waals surface area contributed by atoms with Gasteiger partial charge in [0.1, 0.15) is 0 Å². The van der Waals surface area contributed by atoms with Crippen LogP contribution >= 0.6 is 0 Å². The Bertz CT molecular complexity index is 823. The molecule has 122 valence electrons. The van der Waals surface area contributed by atoms with Gasteiger partial charge >= 0.3 is 0 Å². The summed E-state index contributed by atoms with van der Waals surface area (Å²) in [5.74, 6) is 1.04. The molecule has 3 aromatic rings. The molecule has 0 fully saturated rings. The fourth-order valence-electron chi connectivity index (χ4n) is 3.35. The van der Waals surface area contributed by atoms with E-state index in [-0.39, 0.29) is 12.1 Å². The van der Waals surface area contributed by atoms with Gasteiger partial charge in [-0.2, -0.15) is 4.98 Å². The molecule has 0 saturated heterocycles. The average Bonchev–Trinajstić information content (AvgIpc) is 3.02. The van der Waals surface area contributed by atoms with Crippen LogP contribution in [-0.4, -0.2) is 14.8 Å². The van der Waals surface area contributed by atoms with Gasteiger partial charge in [-0.15, -0.1) is 5.10 Å². The van der Waals surface area contributed by atoms with Gasteiger partial charge in [0, 0.05) is 0 Å².